The lowest BCUT2D eigenvalue weighted by atomic mass is 9.84. The zero-order valence-corrected chi connectivity index (χ0v) is 17.2. The number of likely N-dealkylation sites (N-methyl/N-ethyl adjacent to an activating group) is 1. The molecule has 0 radical (unpaired) electrons. The molecule has 0 spiro atoms. The predicted octanol–water partition coefficient (Wildman–Crippen LogP) is 3.27. The predicted molar refractivity (Wildman–Crippen MR) is 110 cm³/mol. The first-order valence-corrected chi connectivity index (χ1v) is 8.76. The van der Waals surface area contributed by atoms with Crippen molar-refractivity contribution in [2.45, 2.75) is 32.2 Å². The van der Waals surface area contributed by atoms with Crippen molar-refractivity contribution < 1.29 is 4.79 Å². The van der Waals surface area contributed by atoms with Crippen molar-refractivity contribution in [2.75, 3.05) is 33.7 Å². The molecule has 0 saturated carbocycles. The van der Waals surface area contributed by atoms with Crippen LogP contribution in [0, 0.1) is 11.8 Å². The van der Waals surface area contributed by atoms with Gasteiger partial charge >= 0.3 is 0 Å². The first-order valence-electron chi connectivity index (χ1n) is 8.76. The molecule has 2 N–H and O–H groups in total. The fourth-order valence-corrected chi connectivity index (χ4v) is 3.43. The second-order valence-electron chi connectivity index (χ2n) is 6.96. The molecular weight excluding hydrogens is 357 g/mol. The molecule has 1 heterocycles. The highest BCUT2D eigenvalue weighted by Crippen LogP contribution is 2.24. The average Bonchev–Trinajstić information content (AvgIpc) is 2.56. The zero-order valence-electron chi connectivity index (χ0n) is 15.5. The summed E-state index contributed by atoms with van der Waals surface area (Å²) in [5.74, 6) is 1.33. The normalized spacial score (nSPS) is 17.1. The lowest BCUT2D eigenvalue weighted by Gasteiger charge is -2.28. The van der Waals surface area contributed by atoms with E-state index < -0.39 is 0 Å². The van der Waals surface area contributed by atoms with Crippen molar-refractivity contribution in [1.82, 2.24) is 15.5 Å². The molecule has 0 bridgehead atoms. The van der Waals surface area contributed by atoms with Crippen molar-refractivity contribution in [1.29, 1.82) is 0 Å². The molecule has 0 aliphatic carbocycles. The van der Waals surface area contributed by atoms with Gasteiger partial charge < -0.3 is 15.5 Å². The molecule has 2 unspecified atom stereocenters. The van der Waals surface area contributed by atoms with Crippen LogP contribution in [-0.2, 0) is 4.79 Å². The molecule has 25 heavy (non-hydrogen) atoms. The molecule has 1 fully saturated rings. The first kappa shape index (κ1) is 24.2. The zero-order chi connectivity index (χ0) is 16.7. The molecule has 2 rings (SSSR count). The Morgan fingerprint density at radius 3 is 2.36 bits per heavy atom. The largest absolute Gasteiger partial charge is 0.354 e. The summed E-state index contributed by atoms with van der Waals surface area (Å²) in [5, 5.41) is 6.52. The van der Waals surface area contributed by atoms with Crippen LogP contribution in [0.25, 0.3) is 0 Å². The Hall–Kier alpha value is -0.810. The maximum absolute atomic E-state index is 12.3. The topological polar surface area (TPSA) is 44.4 Å². The van der Waals surface area contributed by atoms with Gasteiger partial charge in [-0.05, 0) is 57.4 Å². The van der Waals surface area contributed by atoms with Gasteiger partial charge in [0.15, 0.2) is 0 Å². The van der Waals surface area contributed by atoms with Crippen molar-refractivity contribution in [3.63, 3.8) is 0 Å². The van der Waals surface area contributed by atoms with Gasteiger partial charge in [0, 0.05) is 13.0 Å². The monoisotopic (exact) mass is 389 g/mol. The van der Waals surface area contributed by atoms with Crippen molar-refractivity contribution in [3.05, 3.63) is 35.9 Å². The average molecular weight is 390 g/mol. The van der Waals surface area contributed by atoms with Crippen molar-refractivity contribution in [2.24, 2.45) is 11.8 Å². The number of nitrogens with zero attached hydrogens (tertiary/aromatic N) is 1. The summed E-state index contributed by atoms with van der Waals surface area (Å²) in [6, 6.07) is 10.6. The van der Waals surface area contributed by atoms with Crippen molar-refractivity contribution >= 4 is 30.7 Å². The number of benzene rings is 1. The van der Waals surface area contributed by atoms with Gasteiger partial charge in [-0.3, -0.25) is 4.79 Å². The van der Waals surface area contributed by atoms with Crippen LogP contribution in [0.2, 0.25) is 0 Å². The van der Waals surface area contributed by atoms with Gasteiger partial charge in [0.05, 0.1) is 6.04 Å². The summed E-state index contributed by atoms with van der Waals surface area (Å²) in [7, 11) is 4.11. The minimum Gasteiger partial charge on any atom is -0.354 e. The third-order valence-electron chi connectivity index (χ3n) is 5.00. The second-order valence-corrected chi connectivity index (χ2v) is 6.96. The number of hydrogen-bond donors (Lipinski definition) is 2. The lowest BCUT2D eigenvalue weighted by molar-refractivity contribution is -0.122. The van der Waals surface area contributed by atoms with Gasteiger partial charge in [0.1, 0.15) is 0 Å². The summed E-state index contributed by atoms with van der Waals surface area (Å²) < 4.78 is 0. The summed E-state index contributed by atoms with van der Waals surface area (Å²) >= 11 is 0. The van der Waals surface area contributed by atoms with Crippen LogP contribution >= 0.6 is 24.8 Å². The van der Waals surface area contributed by atoms with Crippen LogP contribution in [0.4, 0.5) is 0 Å². The SMILES string of the molecule is CC(CC(=O)NCC(c1ccccc1)N(C)C)C1CCNCC1.Cl.Cl. The number of amides is 1. The second kappa shape index (κ2) is 12.5. The Morgan fingerprint density at radius 2 is 1.80 bits per heavy atom. The number of hydrogen-bond acceptors (Lipinski definition) is 3. The minimum absolute atomic E-state index is 0. The molecule has 4 nitrogen and oxygen atoms in total. The van der Waals surface area contributed by atoms with E-state index in [4.69, 9.17) is 0 Å². The molecule has 1 saturated heterocycles. The molecule has 1 aromatic carbocycles. The van der Waals surface area contributed by atoms with Gasteiger partial charge in [0.2, 0.25) is 5.91 Å². The van der Waals surface area contributed by atoms with Crippen LogP contribution < -0.4 is 10.6 Å². The maximum atomic E-state index is 12.3. The number of nitrogens with one attached hydrogen (secondary N) is 2. The van der Waals surface area contributed by atoms with Crippen LogP contribution in [0.5, 0.6) is 0 Å². The molecule has 1 amide bonds. The van der Waals surface area contributed by atoms with E-state index in [-0.39, 0.29) is 36.8 Å². The molecule has 144 valence electrons. The van der Waals surface area contributed by atoms with E-state index in [9.17, 15) is 4.79 Å². The van der Waals surface area contributed by atoms with E-state index in [0.29, 0.717) is 24.8 Å². The van der Waals surface area contributed by atoms with Crippen molar-refractivity contribution in [3.8, 4) is 0 Å². The van der Waals surface area contributed by atoms with Gasteiger partial charge in [-0.25, -0.2) is 0 Å². The fourth-order valence-electron chi connectivity index (χ4n) is 3.43. The molecule has 1 aromatic rings. The lowest BCUT2D eigenvalue weighted by Crippen LogP contribution is -2.37. The first-order chi connectivity index (χ1) is 11.1. The molecule has 2 atom stereocenters. The minimum atomic E-state index is 0. The van der Waals surface area contributed by atoms with E-state index in [2.05, 4.69) is 48.7 Å². The van der Waals surface area contributed by atoms with E-state index in [1.54, 1.807) is 0 Å². The molecule has 6 heteroatoms. The number of carbonyl (C=O) groups excluding carboxylic acids is 1. The van der Waals surface area contributed by atoms with Crippen LogP contribution in [0.1, 0.15) is 37.8 Å². The smallest absolute Gasteiger partial charge is 0.220 e. The fraction of sp³-hybridized carbons (Fsp3) is 0.632. The number of rotatable bonds is 7. The van der Waals surface area contributed by atoms with Crippen LogP contribution in [0.15, 0.2) is 30.3 Å². The quantitative estimate of drug-likeness (QED) is 0.751. The Labute approximate surface area is 164 Å². The van der Waals surface area contributed by atoms with Gasteiger partial charge in [0.25, 0.3) is 0 Å². The summed E-state index contributed by atoms with van der Waals surface area (Å²) in [4.78, 5) is 14.5. The van der Waals surface area contributed by atoms with Crippen LogP contribution in [-0.4, -0.2) is 44.5 Å². The van der Waals surface area contributed by atoms with E-state index >= 15 is 0 Å². The number of carbonyl (C=O) groups is 1. The third kappa shape index (κ3) is 7.95. The third-order valence-corrected chi connectivity index (χ3v) is 5.00. The molecular formula is C19H33Cl2N3O. The summed E-state index contributed by atoms with van der Waals surface area (Å²) in [6.07, 6.45) is 3.02. The maximum Gasteiger partial charge on any atom is 0.220 e. The Balaban J connectivity index is 0.00000288. The van der Waals surface area contributed by atoms with E-state index in [0.717, 1.165) is 13.1 Å². The summed E-state index contributed by atoms with van der Waals surface area (Å²) in [5.41, 5.74) is 1.24. The van der Waals surface area contributed by atoms with E-state index in [1.165, 1.54) is 18.4 Å². The van der Waals surface area contributed by atoms with Gasteiger partial charge in [-0.15, -0.1) is 24.8 Å². The van der Waals surface area contributed by atoms with Gasteiger partial charge in [-0.1, -0.05) is 37.3 Å². The molecule has 0 aromatic heterocycles. The Kier molecular flexibility index (Phi) is 12.1. The highest BCUT2D eigenvalue weighted by molar-refractivity contribution is 5.85. The standard InChI is InChI=1S/C19H31N3O.2ClH/c1-15(16-9-11-20-12-10-16)13-19(23)21-14-18(22(2)3)17-7-5-4-6-8-17;;/h4-8,15-16,18,20H,9-14H2,1-3H3,(H,21,23);2*1H. The number of halogens is 2. The highest BCUT2D eigenvalue weighted by atomic mass is 35.5. The van der Waals surface area contributed by atoms with Gasteiger partial charge in [-0.2, -0.15) is 0 Å². The Bertz CT molecular complexity index is 479. The van der Waals surface area contributed by atoms with E-state index in [1.807, 2.05) is 18.2 Å². The molecule has 1 aliphatic rings. The Morgan fingerprint density at radius 1 is 1.20 bits per heavy atom. The molecule has 1 aliphatic heterocycles. The summed E-state index contributed by atoms with van der Waals surface area (Å²) in [6.45, 7) is 5.06. The number of piperidine rings is 1. The van der Waals surface area contributed by atoms with Crippen LogP contribution in [0.3, 0.4) is 0 Å². The highest BCUT2D eigenvalue weighted by Gasteiger charge is 2.22.